The third-order valence-corrected chi connectivity index (χ3v) is 6.88. The summed E-state index contributed by atoms with van der Waals surface area (Å²) < 4.78 is 28.1. The molecule has 0 aliphatic carbocycles. The highest BCUT2D eigenvalue weighted by Crippen LogP contribution is 2.26. The molecule has 1 amide bonds. The minimum Gasteiger partial charge on any atom is -0.322 e. The molecule has 0 atom stereocenters. The molecule has 4 rings (SSSR count). The lowest BCUT2D eigenvalue weighted by molar-refractivity contribution is 0.102. The molecule has 0 radical (unpaired) electrons. The zero-order chi connectivity index (χ0) is 25.0. The van der Waals surface area contributed by atoms with Gasteiger partial charge >= 0.3 is 0 Å². The number of carbonyl (C=O) groups is 2. The number of ketones is 1. The lowest BCUT2D eigenvalue weighted by atomic mass is 10.0. The Morgan fingerprint density at radius 2 is 1.34 bits per heavy atom. The van der Waals surface area contributed by atoms with Gasteiger partial charge in [-0.25, -0.2) is 8.42 Å². The van der Waals surface area contributed by atoms with Crippen LogP contribution in [0.1, 0.15) is 26.3 Å². The number of hydrogen-bond acceptors (Lipinski definition) is 4. The van der Waals surface area contributed by atoms with Crippen LogP contribution in [0.2, 0.25) is 10.0 Å². The highest BCUT2D eigenvalue weighted by molar-refractivity contribution is 7.92. The number of benzene rings is 4. The first kappa shape index (κ1) is 24.5. The summed E-state index contributed by atoms with van der Waals surface area (Å²) in [5, 5.41) is 3.34. The van der Waals surface area contributed by atoms with E-state index in [0.29, 0.717) is 21.8 Å². The van der Waals surface area contributed by atoms with Crippen LogP contribution in [-0.2, 0) is 10.0 Å². The van der Waals surface area contributed by atoms with Crippen molar-refractivity contribution in [2.24, 2.45) is 0 Å². The molecule has 2 N–H and O–H groups in total. The Bertz CT molecular complexity index is 1510. The Kier molecular flexibility index (Phi) is 7.21. The molecule has 0 unspecified atom stereocenters. The molecule has 176 valence electrons. The number of nitrogens with one attached hydrogen (secondary N) is 2. The van der Waals surface area contributed by atoms with Crippen molar-refractivity contribution in [2.45, 2.75) is 4.90 Å². The van der Waals surface area contributed by atoms with E-state index in [9.17, 15) is 18.0 Å². The molecule has 0 aliphatic heterocycles. The third-order valence-electron chi connectivity index (χ3n) is 5.01. The summed E-state index contributed by atoms with van der Waals surface area (Å²) >= 11 is 11.9. The lowest BCUT2D eigenvalue weighted by Crippen LogP contribution is -2.19. The van der Waals surface area contributed by atoms with Crippen LogP contribution in [0.4, 0.5) is 11.4 Å². The zero-order valence-electron chi connectivity index (χ0n) is 18.0. The molecule has 0 spiro atoms. The molecule has 35 heavy (non-hydrogen) atoms. The second-order valence-electron chi connectivity index (χ2n) is 7.48. The van der Waals surface area contributed by atoms with Gasteiger partial charge in [0.2, 0.25) is 0 Å². The van der Waals surface area contributed by atoms with Crippen LogP contribution in [0.25, 0.3) is 0 Å². The molecule has 0 heterocycles. The van der Waals surface area contributed by atoms with E-state index >= 15 is 0 Å². The van der Waals surface area contributed by atoms with Gasteiger partial charge in [0, 0.05) is 26.9 Å². The van der Waals surface area contributed by atoms with Gasteiger partial charge in [0.05, 0.1) is 16.1 Å². The van der Waals surface area contributed by atoms with E-state index in [1.54, 1.807) is 48.5 Å². The average molecular weight is 525 g/mol. The summed E-state index contributed by atoms with van der Waals surface area (Å²) in [7, 11) is -4.00. The van der Waals surface area contributed by atoms with Crippen molar-refractivity contribution < 1.29 is 18.0 Å². The van der Waals surface area contributed by atoms with Crippen molar-refractivity contribution in [3.8, 4) is 0 Å². The number of halogens is 2. The predicted octanol–water partition coefficient (Wildman–Crippen LogP) is 6.28. The Morgan fingerprint density at radius 1 is 0.686 bits per heavy atom. The first-order chi connectivity index (χ1) is 16.7. The zero-order valence-corrected chi connectivity index (χ0v) is 20.4. The minimum absolute atomic E-state index is 0.00910. The second-order valence-corrected chi connectivity index (χ2v) is 10.0. The molecule has 4 aromatic carbocycles. The summed E-state index contributed by atoms with van der Waals surface area (Å²) in [4.78, 5) is 25.8. The smallest absolute Gasteiger partial charge is 0.261 e. The molecule has 9 heteroatoms. The Balaban J connectivity index is 1.59. The maximum absolute atomic E-state index is 13.1. The van der Waals surface area contributed by atoms with E-state index in [2.05, 4.69) is 10.0 Å². The van der Waals surface area contributed by atoms with Gasteiger partial charge in [-0.15, -0.1) is 0 Å². The number of rotatable bonds is 7. The van der Waals surface area contributed by atoms with Crippen molar-refractivity contribution in [3.05, 3.63) is 124 Å². The van der Waals surface area contributed by atoms with Crippen molar-refractivity contribution in [3.63, 3.8) is 0 Å². The van der Waals surface area contributed by atoms with E-state index in [1.807, 2.05) is 6.07 Å². The van der Waals surface area contributed by atoms with Gasteiger partial charge in [-0.05, 0) is 54.6 Å². The van der Waals surface area contributed by atoms with Crippen molar-refractivity contribution in [1.82, 2.24) is 0 Å². The normalized spacial score (nSPS) is 11.0. The van der Waals surface area contributed by atoms with Gasteiger partial charge < -0.3 is 5.32 Å². The fraction of sp³-hybridized carbons (Fsp3) is 0. The summed E-state index contributed by atoms with van der Waals surface area (Å²) in [6.07, 6.45) is 0. The fourth-order valence-corrected chi connectivity index (χ4v) is 4.68. The number of anilines is 2. The molecular weight excluding hydrogens is 507 g/mol. The molecule has 0 aromatic heterocycles. The van der Waals surface area contributed by atoms with Crippen LogP contribution in [0.15, 0.2) is 102 Å². The maximum Gasteiger partial charge on any atom is 0.261 e. The Labute approximate surface area is 212 Å². The van der Waals surface area contributed by atoms with E-state index < -0.39 is 15.9 Å². The highest BCUT2D eigenvalue weighted by Gasteiger charge is 2.20. The number of hydrogen-bond donors (Lipinski definition) is 2. The topological polar surface area (TPSA) is 92.3 Å². The van der Waals surface area contributed by atoms with Gasteiger partial charge in [-0.2, -0.15) is 0 Å². The van der Waals surface area contributed by atoms with Gasteiger partial charge in [-0.3, -0.25) is 14.3 Å². The summed E-state index contributed by atoms with van der Waals surface area (Å²) in [6, 6.07) is 25.1. The molecule has 0 saturated heterocycles. The molecule has 0 bridgehead atoms. The standard InChI is InChI=1S/C26H18Cl2N2O4S/c27-19-9-12-22(13-10-19)35(33,34)30-24-14-11-20(28)16-23(24)26(32)29-21-8-4-7-18(15-21)25(31)17-5-2-1-3-6-17/h1-16,30H,(H,29,32). The number of sulfonamides is 1. The summed E-state index contributed by atoms with van der Waals surface area (Å²) in [5.41, 5.74) is 1.32. The van der Waals surface area contributed by atoms with Crippen LogP contribution >= 0.6 is 23.2 Å². The van der Waals surface area contributed by atoms with E-state index in [-0.39, 0.29) is 27.0 Å². The summed E-state index contributed by atoms with van der Waals surface area (Å²) in [5.74, 6) is -0.800. The van der Waals surface area contributed by atoms with Crippen molar-refractivity contribution in [2.75, 3.05) is 10.0 Å². The van der Waals surface area contributed by atoms with Crippen molar-refractivity contribution in [1.29, 1.82) is 0 Å². The number of carbonyl (C=O) groups excluding carboxylic acids is 2. The molecule has 0 saturated carbocycles. The molecule has 0 fully saturated rings. The molecule has 0 aliphatic rings. The van der Waals surface area contributed by atoms with Crippen LogP contribution in [0.5, 0.6) is 0 Å². The monoisotopic (exact) mass is 524 g/mol. The van der Waals surface area contributed by atoms with Gasteiger partial charge in [0.15, 0.2) is 5.78 Å². The van der Waals surface area contributed by atoms with Gasteiger partial charge in [-0.1, -0.05) is 65.7 Å². The fourth-order valence-electron chi connectivity index (χ4n) is 3.30. The maximum atomic E-state index is 13.1. The third kappa shape index (κ3) is 5.89. The summed E-state index contributed by atoms with van der Waals surface area (Å²) in [6.45, 7) is 0. The van der Waals surface area contributed by atoms with Crippen LogP contribution in [-0.4, -0.2) is 20.1 Å². The number of amides is 1. The first-order valence-corrected chi connectivity index (χ1v) is 12.6. The largest absolute Gasteiger partial charge is 0.322 e. The molecular formula is C26H18Cl2N2O4S. The van der Waals surface area contributed by atoms with Gasteiger partial charge in [0.25, 0.3) is 15.9 Å². The second kappa shape index (κ2) is 10.3. The van der Waals surface area contributed by atoms with E-state index in [1.165, 1.54) is 42.5 Å². The Morgan fingerprint density at radius 3 is 2.06 bits per heavy atom. The lowest BCUT2D eigenvalue weighted by Gasteiger charge is -2.14. The minimum atomic E-state index is -4.00. The predicted molar refractivity (Wildman–Crippen MR) is 138 cm³/mol. The first-order valence-electron chi connectivity index (χ1n) is 10.3. The van der Waals surface area contributed by atoms with Gasteiger partial charge in [0.1, 0.15) is 0 Å². The highest BCUT2D eigenvalue weighted by atomic mass is 35.5. The quantitative estimate of drug-likeness (QED) is 0.278. The Hall–Kier alpha value is -3.65. The SMILES string of the molecule is O=C(c1ccccc1)c1cccc(NC(=O)c2cc(Cl)ccc2NS(=O)(=O)c2ccc(Cl)cc2)c1. The van der Waals surface area contributed by atoms with E-state index in [0.717, 1.165) is 0 Å². The molecule has 4 aromatic rings. The molecule has 6 nitrogen and oxygen atoms in total. The van der Waals surface area contributed by atoms with Crippen LogP contribution in [0.3, 0.4) is 0 Å². The van der Waals surface area contributed by atoms with Crippen molar-refractivity contribution >= 4 is 56.3 Å². The van der Waals surface area contributed by atoms with Crippen LogP contribution < -0.4 is 10.0 Å². The van der Waals surface area contributed by atoms with Crippen LogP contribution in [0, 0.1) is 0 Å². The average Bonchev–Trinajstić information content (AvgIpc) is 2.85. The van der Waals surface area contributed by atoms with E-state index in [4.69, 9.17) is 23.2 Å².